The van der Waals surface area contributed by atoms with Gasteiger partial charge in [0, 0.05) is 47.2 Å². The summed E-state index contributed by atoms with van der Waals surface area (Å²) in [4.78, 5) is 4.45. The molecule has 0 fully saturated rings. The monoisotopic (exact) mass is 738 g/mol. The molecule has 0 aliphatic heterocycles. The molecule has 0 amide bonds. The summed E-state index contributed by atoms with van der Waals surface area (Å²) in [6.45, 7) is 13.3. The molecule has 0 bridgehead atoms. The number of thiocarbonyl (C=S) groups is 2. The van der Waals surface area contributed by atoms with Crippen LogP contribution in [0.25, 0.3) is 0 Å². The first-order valence-electron chi connectivity index (χ1n) is 15.4. The van der Waals surface area contributed by atoms with Crippen LogP contribution in [-0.2, 0) is 73.3 Å². The van der Waals surface area contributed by atoms with Crippen molar-refractivity contribution in [3.05, 3.63) is 0 Å². The van der Waals surface area contributed by atoms with Gasteiger partial charge in [-0.1, -0.05) is 139 Å². The molecular weight excluding hydrogens is 677 g/mol. The van der Waals surface area contributed by atoms with Gasteiger partial charge in [-0.3, -0.25) is 0 Å². The number of hydrogen-bond donors (Lipinski definition) is 0. The van der Waals surface area contributed by atoms with E-state index in [1.807, 2.05) is 0 Å². The Morgan fingerprint density at radius 1 is 0.410 bits per heavy atom. The Morgan fingerprint density at radius 2 is 0.590 bits per heavy atom. The van der Waals surface area contributed by atoms with Crippen molar-refractivity contribution < 1.29 is 21.1 Å². The maximum atomic E-state index is 5.16. The summed E-state index contributed by atoms with van der Waals surface area (Å²) >= 11 is 20.6. The molecule has 0 atom stereocenters. The van der Waals surface area contributed by atoms with E-state index in [2.05, 4.69) is 37.5 Å². The average Bonchev–Trinajstić information content (AvgIpc) is 2.85. The van der Waals surface area contributed by atoms with Crippen LogP contribution in [0.3, 0.4) is 0 Å². The van der Waals surface area contributed by atoms with Gasteiger partial charge in [-0.15, -0.1) is 0 Å². The Kier molecular flexibility index (Phi) is 53.8. The van der Waals surface area contributed by atoms with Crippen molar-refractivity contribution in [1.29, 1.82) is 0 Å². The van der Waals surface area contributed by atoms with Crippen LogP contribution < -0.4 is 0 Å². The minimum absolute atomic E-state index is 0. The zero-order chi connectivity index (χ0) is 27.3. The van der Waals surface area contributed by atoms with Gasteiger partial charge in [0.05, 0.1) is 0 Å². The van der Waals surface area contributed by atoms with E-state index in [1.165, 1.54) is 128 Å². The van der Waals surface area contributed by atoms with Gasteiger partial charge in [0.1, 0.15) is 0 Å². The quantitative estimate of drug-likeness (QED) is 0.0418. The van der Waals surface area contributed by atoms with E-state index in [-0.39, 0.29) is 48.1 Å². The third-order valence-corrected chi connectivity index (χ3v) is 7.68. The second-order valence-corrected chi connectivity index (χ2v) is 12.2. The molecule has 2 nitrogen and oxygen atoms in total. The van der Waals surface area contributed by atoms with Gasteiger partial charge in [-0.25, -0.2) is 0 Å². The van der Waals surface area contributed by atoms with Gasteiger partial charge in [-0.2, -0.15) is 0 Å². The molecule has 0 saturated carbocycles. The van der Waals surface area contributed by atoms with E-state index in [9.17, 15) is 0 Å². The molecular formula is C30H60MoN2S6-6. The number of nitrogens with zero attached hydrogens (tertiary/aromatic N) is 2. The van der Waals surface area contributed by atoms with Crippen LogP contribution >= 0.6 is 24.4 Å². The van der Waals surface area contributed by atoms with E-state index >= 15 is 0 Å². The molecule has 0 aliphatic carbocycles. The van der Waals surface area contributed by atoms with Crippen molar-refractivity contribution >= 4 is 85.3 Å². The molecule has 238 valence electrons. The number of unbranched alkanes of at least 4 members (excludes halogenated alkanes) is 16. The first kappa shape index (κ1) is 50.2. The molecule has 39 heavy (non-hydrogen) atoms. The zero-order valence-electron chi connectivity index (χ0n) is 25.7. The summed E-state index contributed by atoms with van der Waals surface area (Å²) in [5.74, 6) is 0. The van der Waals surface area contributed by atoms with E-state index in [1.54, 1.807) is 0 Å². The summed E-state index contributed by atoms with van der Waals surface area (Å²) in [5, 5.41) is 0. The molecule has 0 aliphatic rings. The summed E-state index contributed by atoms with van der Waals surface area (Å²) in [5.41, 5.74) is 0. The Morgan fingerprint density at radius 3 is 0.744 bits per heavy atom. The second kappa shape index (κ2) is 41.7. The molecule has 0 aromatic heterocycles. The molecule has 0 rings (SSSR count). The van der Waals surface area contributed by atoms with Gasteiger partial charge in [-0.05, 0) is 25.7 Å². The van der Waals surface area contributed by atoms with Crippen molar-refractivity contribution in [2.24, 2.45) is 0 Å². The van der Waals surface area contributed by atoms with Crippen LogP contribution in [0, 0.1) is 0 Å². The van der Waals surface area contributed by atoms with Crippen LogP contribution in [0.4, 0.5) is 0 Å². The second-order valence-electron chi connectivity index (χ2n) is 10.2. The van der Waals surface area contributed by atoms with Crippen LogP contribution in [0.2, 0.25) is 0 Å². The predicted octanol–water partition coefficient (Wildman–Crippen LogP) is 10.1. The van der Waals surface area contributed by atoms with Crippen LogP contribution in [0.15, 0.2) is 0 Å². The Hall–Kier alpha value is 1.61. The van der Waals surface area contributed by atoms with Gasteiger partial charge in [0.25, 0.3) is 0 Å². The fraction of sp³-hybridized carbons (Fsp3) is 0.933. The third-order valence-electron chi connectivity index (χ3n) is 6.64. The van der Waals surface area contributed by atoms with Gasteiger partial charge < -0.3 is 86.5 Å². The largest absolute Gasteiger partial charge is 2.00 e. The van der Waals surface area contributed by atoms with Crippen molar-refractivity contribution in [2.75, 3.05) is 26.2 Å². The summed E-state index contributed by atoms with van der Waals surface area (Å²) in [6.07, 6.45) is 26.3. The molecule has 0 radical (unpaired) electrons. The van der Waals surface area contributed by atoms with Gasteiger partial charge in [0.2, 0.25) is 0 Å². The maximum Gasteiger partial charge on any atom is 0.0162 e. The SMILES string of the molecule is CCCCCCCN(CCCCCCC)C(=S)[S-].CCCCCCCN(CCCCCCC)C(=S)[S-].[Mo].[S-2].[S-2]. The Balaban J connectivity index is -0.000000183. The molecule has 0 spiro atoms. The molecule has 0 N–H and O–H groups in total. The minimum Gasteiger partial charge on any atom is -2.00 e. The van der Waals surface area contributed by atoms with Crippen LogP contribution in [0.1, 0.15) is 156 Å². The fourth-order valence-corrected chi connectivity index (χ4v) is 4.94. The minimum atomic E-state index is 0. The molecule has 9 heteroatoms. The molecule has 0 aromatic carbocycles. The average molecular weight is 737 g/mol. The molecule has 0 unspecified atom stereocenters. The third kappa shape index (κ3) is 39.6. The Bertz CT molecular complexity index is 416. The first-order valence-corrected chi connectivity index (χ1v) is 17.0. The van der Waals surface area contributed by atoms with Crippen molar-refractivity contribution in [3.63, 3.8) is 0 Å². The normalized spacial score (nSPS) is 9.74. The topological polar surface area (TPSA) is 6.48 Å². The summed E-state index contributed by atoms with van der Waals surface area (Å²) < 4.78 is 1.34. The standard InChI is InChI=1S/2C15H31NS2.Mo.2S/c2*1-3-5-7-9-11-13-16(15(17)18)14-12-10-8-6-4-2;;;/h2*3-14H2,1-2H3,(H,17,18);;;/q;;;2*-2/p-2. The van der Waals surface area contributed by atoms with Crippen molar-refractivity contribution in [1.82, 2.24) is 9.80 Å². The Labute approximate surface area is 296 Å². The van der Waals surface area contributed by atoms with E-state index in [0.717, 1.165) is 26.2 Å². The van der Waals surface area contributed by atoms with E-state index in [4.69, 9.17) is 49.7 Å². The van der Waals surface area contributed by atoms with E-state index < -0.39 is 0 Å². The van der Waals surface area contributed by atoms with Gasteiger partial charge >= 0.3 is 0 Å². The van der Waals surface area contributed by atoms with E-state index in [0.29, 0.717) is 8.64 Å². The number of rotatable bonds is 24. The zero-order valence-corrected chi connectivity index (χ0v) is 32.6. The van der Waals surface area contributed by atoms with Crippen LogP contribution in [-0.4, -0.2) is 44.6 Å². The summed E-state index contributed by atoms with van der Waals surface area (Å²) in [6, 6.07) is 0. The molecule has 0 heterocycles. The molecule has 0 aromatic rings. The van der Waals surface area contributed by atoms with Gasteiger partial charge in [0.15, 0.2) is 0 Å². The molecule has 0 saturated heterocycles. The van der Waals surface area contributed by atoms with Crippen molar-refractivity contribution in [3.8, 4) is 0 Å². The fourth-order valence-electron chi connectivity index (χ4n) is 4.21. The first-order chi connectivity index (χ1) is 17.4. The number of hydrogen-bond acceptors (Lipinski definition) is 4. The summed E-state index contributed by atoms with van der Waals surface area (Å²) in [7, 11) is 0. The smallest absolute Gasteiger partial charge is 0.0162 e. The van der Waals surface area contributed by atoms with Crippen LogP contribution in [0.5, 0.6) is 0 Å². The maximum absolute atomic E-state index is 5.16. The predicted molar refractivity (Wildman–Crippen MR) is 193 cm³/mol. The van der Waals surface area contributed by atoms with Crippen molar-refractivity contribution in [2.45, 2.75) is 156 Å².